The van der Waals surface area contributed by atoms with Crippen LogP contribution in [0.3, 0.4) is 0 Å². The van der Waals surface area contributed by atoms with Crippen LogP contribution in [-0.2, 0) is 19.6 Å². The van der Waals surface area contributed by atoms with Gasteiger partial charge in [0.25, 0.3) is 0 Å². The molecule has 1 aliphatic rings. The summed E-state index contributed by atoms with van der Waals surface area (Å²) in [5.41, 5.74) is 1.02. The lowest BCUT2D eigenvalue weighted by molar-refractivity contribution is 0.611. The first-order valence-electron chi connectivity index (χ1n) is 3.25. The summed E-state index contributed by atoms with van der Waals surface area (Å²) in [4.78, 5) is 0.166. The third-order valence-corrected chi connectivity index (χ3v) is 3.96. The molecule has 4 nitrogen and oxygen atoms in total. The molecule has 13 heavy (non-hydrogen) atoms. The summed E-state index contributed by atoms with van der Waals surface area (Å²) in [6, 6.07) is 4.85. The van der Waals surface area contributed by atoms with Crippen LogP contribution < -0.4 is 0 Å². The van der Waals surface area contributed by atoms with Crippen LogP contribution in [0.2, 0.25) is 0 Å². The van der Waals surface area contributed by atoms with Crippen LogP contribution in [-0.4, -0.2) is 8.42 Å². The van der Waals surface area contributed by atoms with E-state index in [0.29, 0.717) is 11.4 Å². The fourth-order valence-corrected chi connectivity index (χ4v) is 2.99. The van der Waals surface area contributed by atoms with Gasteiger partial charge in [0.05, 0.1) is 26.2 Å². The third kappa shape index (κ3) is 1.59. The number of hydrogen-bond donors (Lipinski definition) is 0. The van der Waals surface area contributed by atoms with Crippen molar-refractivity contribution in [1.29, 1.82) is 0 Å². The number of hydrogen-bond acceptors (Lipinski definition) is 4. The number of benzene rings is 1. The molecule has 0 radical (unpaired) electrons. The highest BCUT2D eigenvalue weighted by Crippen LogP contribution is 2.38. The van der Waals surface area contributed by atoms with Crippen molar-refractivity contribution in [1.82, 2.24) is 0 Å². The average Bonchev–Trinajstić information content (AvgIpc) is 2.48. The Balaban J connectivity index is 2.77. The quantitative estimate of drug-likeness (QED) is 0.753. The normalized spacial score (nSPS) is 13.9. The van der Waals surface area contributed by atoms with Crippen LogP contribution in [0.25, 0.3) is 0 Å². The Bertz CT molecular complexity index is 532. The van der Waals surface area contributed by atoms with E-state index in [1.54, 1.807) is 12.1 Å². The van der Waals surface area contributed by atoms with Gasteiger partial charge in [-0.1, -0.05) is 6.07 Å². The highest BCUT2D eigenvalue weighted by molar-refractivity contribution is 9.47. The molecule has 0 fully saturated rings. The summed E-state index contributed by atoms with van der Waals surface area (Å²) in [7, 11) is -3.38. The van der Waals surface area contributed by atoms with Crippen LogP contribution >= 0.6 is 14.8 Å². The van der Waals surface area contributed by atoms with Crippen molar-refractivity contribution in [3.63, 3.8) is 0 Å². The van der Waals surface area contributed by atoms with Gasteiger partial charge in [-0.25, -0.2) is 8.42 Å². The van der Waals surface area contributed by atoms with E-state index >= 15 is 0 Å². The number of fused-ring (bicyclic) bond motifs is 1. The molecular weight excluding hydrogens is 276 g/mol. The summed E-state index contributed by atoms with van der Waals surface area (Å²) >= 11 is 3.60. The molecule has 0 aliphatic carbocycles. The summed E-state index contributed by atoms with van der Waals surface area (Å²) in [5.74, 6) is 0. The van der Waals surface area contributed by atoms with Crippen molar-refractivity contribution < 1.29 is 8.42 Å². The standard InChI is InChI=1S/C6H3BrN2O2S2/c7-13(10,11)5-3-1-2-4-6(5)9-12-8-4/h1-3H. The summed E-state index contributed by atoms with van der Waals surface area (Å²) in [5, 5.41) is 0. The molecule has 1 aliphatic heterocycles. The Morgan fingerprint density at radius 2 is 2.08 bits per heavy atom. The van der Waals surface area contributed by atoms with Crippen LogP contribution in [0.1, 0.15) is 0 Å². The van der Waals surface area contributed by atoms with Gasteiger partial charge < -0.3 is 0 Å². The predicted octanol–water partition coefficient (Wildman–Crippen LogP) is 2.50. The molecule has 0 bridgehead atoms. The molecule has 1 aromatic rings. The Hall–Kier alpha value is -0.530. The van der Waals surface area contributed by atoms with Gasteiger partial charge in [0.2, 0.25) is 8.27 Å². The van der Waals surface area contributed by atoms with E-state index in [0.717, 1.165) is 11.4 Å². The average molecular weight is 279 g/mol. The second-order valence-electron chi connectivity index (χ2n) is 2.33. The molecule has 1 heterocycles. The molecule has 68 valence electrons. The van der Waals surface area contributed by atoms with Crippen molar-refractivity contribution >= 4 is 45.8 Å². The number of nitrogens with zero attached hydrogens (tertiary/aromatic N) is 2. The Morgan fingerprint density at radius 3 is 2.77 bits per heavy atom. The van der Waals surface area contributed by atoms with E-state index in [9.17, 15) is 8.42 Å². The second kappa shape index (κ2) is 3.00. The number of halogens is 1. The minimum Gasteiger partial charge on any atom is -0.212 e. The van der Waals surface area contributed by atoms with E-state index < -0.39 is 8.27 Å². The van der Waals surface area contributed by atoms with Crippen LogP contribution in [0.15, 0.2) is 31.8 Å². The van der Waals surface area contributed by atoms with E-state index in [1.165, 1.54) is 6.07 Å². The fourth-order valence-electron chi connectivity index (χ4n) is 0.978. The molecular formula is C6H3BrN2O2S2. The minimum absolute atomic E-state index is 0.166. The zero-order chi connectivity index (χ0) is 9.47. The molecule has 0 saturated heterocycles. The maximum absolute atomic E-state index is 11.2. The molecule has 0 aromatic heterocycles. The second-order valence-corrected chi connectivity index (χ2v) is 6.73. The van der Waals surface area contributed by atoms with E-state index in [1.807, 2.05) is 0 Å². The summed E-state index contributed by atoms with van der Waals surface area (Å²) in [6.07, 6.45) is 0. The van der Waals surface area contributed by atoms with Gasteiger partial charge in [0.15, 0.2) is 0 Å². The lowest BCUT2D eigenvalue weighted by atomic mass is 10.3. The zero-order valence-corrected chi connectivity index (χ0v) is 9.36. The lowest BCUT2D eigenvalue weighted by Crippen LogP contribution is -1.89. The van der Waals surface area contributed by atoms with E-state index in [4.69, 9.17) is 0 Å². The van der Waals surface area contributed by atoms with Crippen molar-refractivity contribution in [2.45, 2.75) is 4.90 Å². The maximum atomic E-state index is 11.2. The van der Waals surface area contributed by atoms with Crippen molar-refractivity contribution in [3.8, 4) is 0 Å². The molecule has 0 spiro atoms. The first kappa shape index (κ1) is 9.04. The Labute approximate surface area is 86.0 Å². The summed E-state index contributed by atoms with van der Waals surface area (Å²) < 4.78 is 30.2. The highest BCUT2D eigenvalue weighted by Gasteiger charge is 2.19. The zero-order valence-electron chi connectivity index (χ0n) is 6.14. The van der Waals surface area contributed by atoms with E-state index in [2.05, 4.69) is 23.5 Å². The molecule has 0 amide bonds. The van der Waals surface area contributed by atoms with Gasteiger partial charge in [0.1, 0.15) is 16.3 Å². The lowest BCUT2D eigenvalue weighted by Gasteiger charge is -1.99. The minimum atomic E-state index is -3.38. The van der Waals surface area contributed by atoms with Gasteiger partial charge in [0, 0.05) is 0 Å². The van der Waals surface area contributed by atoms with Gasteiger partial charge in [-0.3, -0.25) is 0 Å². The van der Waals surface area contributed by atoms with Crippen molar-refractivity contribution in [3.05, 3.63) is 18.2 Å². The van der Waals surface area contributed by atoms with Gasteiger partial charge >= 0.3 is 0 Å². The number of rotatable bonds is 1. The predicted molar refractivity (Wildman–Crippen MR) is 54.1 cm³/mol. The molecule has 0 N–H and O–H groups in total. The van der Waals surface area contributed by atoms with Crippen molar-refractivity contribution in [2.75, 3.05) is 0 Å². The van der Waals surface area contributed by atoms with Crippen molar-refractivity contribution in [2.24, 2.45) is 8.73 Å². The molecule has 2 rings (SSSR count). The Morgan fingerprint density at radius 1 is 1.31 bits per heavy atom. The fraction of sp³-hybridized carbons (Fsp3) is 0. The van der Waals surface area contributed by atoms with Gasteiger partial charge in [-0.2, -0.15) is 8.73 Å². The molecule has 1 aromatic carbocycles. The monoisotopic (exact) mass is 278 g/mol. The van der Waals surface area contributed by atoms with Crippen LogP contribution in [0.4, 0.5) is 11.4 Å². The van der Waals surface area contributed by atoms with Crippen LogP contribution in [0.5, 0.6) is 0 Å². The first-order chi connectivity index (χ1) is 6.09. The maximum Gasteiger partial charge on any atom is 0.239 e. The topological polar surface area (TPSA) is 58.9 Å². The van der Waals surface area contributed by atoms with Gasteiger partial charge in [-0.15, -0.1) is 0 Å². The molecule has 0 saturated carbocycles. The molecule has 0 atom stereocenters. The van der Waals surface area contributed by atoms with Crippen LogP contribution in [0, 0.1) is 0 Å². The van der Waals surface area contributed by atoms with E-state index in [-0.39, 0.29) is 4.90 Å². The van der Waals surface area contributed by atoms with Gasteiger partial charge in [-0.05, 0) is 12.1 Å². The third-order valence-electron chi connectivity index (χ3n) is 1.51. The molecule has 0 unspecified atom stereocenters. The smallest absolute Gasteiger partial charge is 0.212 e. The molecule has 7 heteroatoms. The summed E-state index contributed by atoms with van der Waals surface area (Å²) in [6.45, 7) is 0. The first-order valence-corrected chi connectivity index (χ1v) is 7.30. The Kier molecular flexibility index (Phi) is 2.09. The highest BCUT2D eigenvalue weighted by atomic mass is 79.9. The largest absolute Gasteiger partial charge is 0.239 e. The SMILES string of the molecule is O=S(=O)(Br)c1cccc2c1N=S=N2.